The van der Waals surface area contributed by atoms with Crippen molar-refractivity contribution in [3.05, 3.63) is 195 Å². The van der Waals surface area contributed by atoms with Gasteiger partial charge in [0.15, 0.2) is 6.54 Å². The van der Waals surface area contributed by atoms with Gasteiger partial charge in [-0.25, -0.2) is 4.79 Å². The van der Waals surface area contributed by atoms with Crippen molar-refractivity contribution in [3.8, 4) is 0 Å². The summed E-state index contributed by atoms with van der Waals surface area (Å²) in [6, 6.07) is 13.0. The van der Waals surface area contributed by atoms with Gasteiger partial charge in [-0.05, 0) is 36.4 Å². The average Bonchev–Trinajstić information content (AvgIpc) is 3.54. The quantitative estimate of drug-likeness (QED) is 0.0410. The summed E-state index contributed by atoms with van der Waals surface area (Å²) in [5.41, 5.74) is -27.6. The number of fused-ring (bicyclic) bond motifs is 1. The maximum Gasteiger partial charge on any atom is 0.416 e. The number of esters is 1. The van der Waals surface area contributed by atoms with Gasteiger partial charge in [-0.3, -0.25) is 0 Å². The highest BCUT2D eigenvalue weighted by molar-refractivity contribution is 7.80. The van der Waals surface area contributed by atoms with E-state index in [1.807, 2.05) is 65.2 Å². The summed E-state index contributed by atoms with van der Waals surface area (Å²) in [7, 11) is 0. The van der Waals surface area contributed by atoms with Crippen molar-refractivity contribution in [2.24, 2.45) is 0 Å². The second-order valence-corrected chi connectivity index (χ2v) is 17.4. The summed E-state index contributed by atoms with van der Waals surface area (Å²) >= 11 is 3.96. The predicted octanol–water partition coefficient (Wildman–Crippen LogP) is 14.4. The van der Waals surface area contributed by atoms with Crippen LogP contribution in [0, 0.1) is 0 Å². The first-order valence-corrected chi connectivity index (χ1v) is 22.3. The van der Waals surface area contributed by atoms with Crippen molar-refractivity contribution in [3.63, 3.8) is 0 Å². The zero-order chi connectivity index (χ0) is 59.3. The first-order valence-electron chi connectivity index (χ1n) is 21.6. The Hall–Kier alpha value is -7.07. The molecule has 7 rings (SSSR count). The molecule has 7 aromatic rings. The molecule has 0 amide bonds. The van der Waals surface area contributed by atoms with Gasteiger partial charge in [0.05, 0.1) is 44.5 Å². The van der Waals surface area contributed by atoms with Gasteiger partial charge in [-0.2, -0.15) is 132 Å². The fourth-order valence-electron chi connectivity index (χ4n) is 8.58. The average molecular weight is 1170 g/mol. The number of thiol groups is 1. The number of aromatic nitrogens is 1. The van der Waals surface area contributed by atoms with Crippen LogP contribution < -0.4 is 26.4 Å². The van der Waals surface area contributed by atoms with Crippen molar-refractivity contribution in [2.45, 2.75) is 56.0 Å². The number of rotatable bonds is 8. The summed E-state index contributed by atoms with van der Waals surface area (Å²) in [4.78, 5) is 12.2. The van der Waals surface area contributed by atoms with Crippen LogP contribution in [0.15, 0.2) is 140 Å². The molecule has 0 aliphatic carbocycles. The largest absolute Gasteiger partial charge is 0.447 e. The molecule has 422 valence electrons. The van der Waals surface area contributed by atoms with E-state index in [2.05, 4.69) is 12.6 Å². The molecule has 0 saturated carbocycles. The molecule has 6 aromatic carbocycles. The summed E-state index contributed by atoms with van der Waals surface area (Å²) in [6.07, 6.45) is -54.8. The van der Waals surface area contributed by atoms with Gasteiger partial charge >= 0.3 is 55.4 Å². The number of halogens is 24. The van der Waals surface area contributed by atoms with Crippen LogP contribution in [-0.4, -0.2) is 18.1 Å². The topological polar surface area (TPSA) is 30.2 Å². The number of hydrogen-bond donors (Lipinski definition) is 1. The smallest absolute Gasteiger partial charge is 0.416 e. The highest BCUT2D eigenvalue weighted by Gasteiger charge is 2.47. The minimum atomic E-state index is -6.13. The molecule has 0 bridgehead atoms. The van der Waals surface area contributed by atoms with Gasteiger partial charge in [0, 0.05) is 23.1 Å². The number of carbonyl (C=O) groups is 1. The van der Waals surface area contributed by atoms with Crippen LogP contribution in [-0.2, 0) is 60.7 Å². The van der Waals surface area contributed by atoms with E-state index in [4.69, 9.17) is 4.74 Å². The lowest BCUT2D eigenvalue weighted by molar-refractivity contribution is -0.665. The van der Waals surface area contributed by atoms with E-state index in [1.54, 1.807) is 6.07 Å². The highest BCUT2D eigenvalue weighted by atomic mass is 32.1. The van der Waals surface area contributed by atoms with Crippen LogP contribution >= 0.6 is 12.6 Å². The van der Waals surface area contributed by atoms with Gasteiger partial charge in [-0.1, -0.05) is 91.0 Å². The molecule has 1 heterocycles. The van der Waals surface area contributed by atoms with Gasteiger partial charge < -0.3 is 4.74 Å². The number of ether oxygens (including phenoxy) is 1. The van der Waals surface area contributed by atoms with E-state index in [1.165, 1.54) is 0 Å². The summed E-state index contributed by atoms with van der Waals surface area (Å²) in [5.74, 6) is -0.298. The SMILES string of the molecule is FC(F)(F)c1cc([B-](c2cc(C(F)(F)F)cc(C(F)(F)F)c2)(c2cc(C(F)(F)F)cc(C(F)(F)F)c2)c2cc(C(F)(F)F)cc(C(F)(F)F)c2)cc(C(F)(F)F)c1.O=C(OCS)c1ccc2ccccc2[n+]1Cc1ccccc1. The minimum Gasteiger partial charge on any atom is -0.447 e. The number of para-hydroxylation sites is 1. The number of nitrogens with zero attached hydrogens (tertiary/aromatic N) is 1. The molecular formula is C50H28BF24NO2S. The Bertz CT molecular complexity index is 2920. The Balaban J connectivity index is 0.000000378. The molecular weight excluding hydrogens is 1150 g/mol. The molecule has 0 saturated heterocycles. The lowest BCUT2D eigenvalue weighted by Gasteiger charge is -2.46. The van der Waals surface area contributed by atoms with E-state index in [9.17, 15) is 110 Å². The van der Waals surface area contributed by atoms with Crippen molar-refractivity contribution in [1.29, 1.82) is 0 Å². The van der Waals surface area contributed by atoms with Gasteiger partial charge in [0.25, 0.3) is 5.69 Å². The zero-order valence-electron chi connectivity index (χ0n) is 38.6. The number of carbonyl (C=O) groups excluding carboxylic acids is 1. The Labute approximate surface area is 433 Å². The fraction of sp³-hybridized carbons (Fsp3) is 0.200. The third-order valence-electron chi connectivity index (χ3n) is 12.0. The van der Waals surface area contributed by atoms with Crippen LogP contribution in [0.2, 0.25) is 0 Å². The van der Waals surface area contributed by atoms with E-state index in [0.717, 1.165) is 16.5 Å². The molecule has 0 radical (unpaired) electrons. The second-order valence-electron chi connectivity index (χ2n) is 17.1. The van der Waals surface area contributed by atoms with Crippen LogP contribution in [0.4, 0.5) is 105 Å². The van der Waals surface area contributed by atoms with Gasteiger partial charge in [-0.15, -0.1) is 12.6 Å². The maximum absolute atomic E-state index is 14.2. The van der Waals surface area contributed by atoms with Crippen molar-refractivity contribution in [1.82, 2.24) is 0 Å². The minimum absolute atomic E-state index is 0.0665. The van der Waals surface area contributed by atoms with E-state index in [0.29, 0.717) is 12.2 Å². The molecule has 79 heavy (non-hydrogen) atoms. The Morgan fingerprint density at radius 1 is 0.380 bits per heavy atom. The maximum atomic E-state index is 14.2. The predicted molar refractivity (Wildman–Crippen MR) is 239 cm³/mol. The van der Waals surface area contributed by atoms with Crippen LogP contribution in [0.25, 0.3) is 10.9 Å². The normalized spacial score (nSPS) is 13.3. The molecule has 0 unspecified atom stereocenters. The number of alkyl halides is 24. The third-order valence-corrected chi connectivity index (χ3v) is 12.1. The highest BCUT2D eigenvalue weighted by Crippen LogP contribution is 2.41. The number of benzene rings is 6. The Morgan fingerprint density at radius 3 is 0.937 bits per heavy atom. The lowest BCUT2D eigenvalue weighted by Crippen LogP contribution is -2.75. The van der Waals surface area contributed by atoms with E-state index in [-0.39, 0.29) is 11.9 Å². The monoisotopic (exact) mass is 1170 g/mol. The van der Waals surface area contributed by atoms with Crippen LogP contribution in [0.5, 0.6) is 0 Å². The standard InChI is InChI=1S/C32H12BF24.C18H15NO2S/c34-25(35,36)13-1-14(26(37,38)39)6-21(5-13)33(22-7-15(27(40,41)42)2-16(8-22)28(43,44)45,23-9-17(29(46,47)48)3-18(10-23)30(49,50)51)24-11-19(31(52,53)54)4-20(12-24)32(55,56)57;20-18(21-13-22)17-11-10-15-8-4-5-9-16(15)19(17)12-14-6-2-1-3-7-14/h1-12H;1-11H,12-13H2/q-1;/p+1. The second kappa shape index (κ2) is 21.5. The van der Waals surface area contributed by atoms with E-state index >= 15 is 0 Å². The van der Waals surface area contributed by atoms with Gasteiger partial charge in [0.1, 0.15) is 12.1 Å². The van der Waals surface area contributed by atoms with Crippen molar-refractivity contribution < 1.29 is 119 Å². The molecule has 0 N–H and O–H groups in total. The molecule has 29 heteroatoms. The summed E-state index contributed by atoms with van der Waals surface area (Å²) in [6.45, 7) is 0.610. The molecule has 0 aliphatic heterocycles. The third kappa shape index (κ3) is 13.9. The summed E-state index contributed by atoms with van der Waals surface area (Å²) < 4.78 is 348. The molecule has 0 spiro atoms. The first kappa shape index (κ1) is 61.2. The Morgan fingerprint density at radius 2 is 0.658 bits per heavy atom. The molecule has 0 atom stereocenters. The number of hydrogen-bond acceptors (Lipinski definition) is 3. The van der Waals surface area contributed by atoms with Gasteiger partial charge in [0.2, 0.25) is 5.52 Å². The first-order chi connectivity index (χ1) is 36.1. The molecule has 1 aromatic heterocycles. The Kier molecular flexibility index (Phi) is 16.7. The van der Waals surface area contributed by atoms with E-state index < -0.39 is 195 Å². The zero-order valence-corrected chi connectivity index (χ0v) is 39.4. The molecule has 3 nitrogen and oxygen atoms in total. The van der Waals surface area contributed by atoms with Crippen LogP contribution in [0.1, 0.15) is 60.6 Å². The lowest BCUT2D eigenvalue weighted by atomic mass is 9.12. The van der Waals surface area contributed by atoms with Crippen LogP contribution in [0.3, 0.4) is 0 Å². The molecule has 0 fully saturated rings. The summed E-state index contributed by atoms with van der Waals surface area (Å²) in [5, 5.41) is 1.08. The number of pyridine rings is 1. The van der Waals surface area contributed by atoms with Crippen molar-refractivity contribution >= 4 is 57.5 Å². The van der Waals surface area contributed by atoms with Crippen molar-refractivity contribution in [2.75, 3.05) is 5.94 Å². The fourth-order valence-corrected chi connectivity index (χ4v) is 8.70. The molecule has 0 aliphatic rings.